The molecule has 0 spiro atoms. The Labute approximate surface area is 171 Å². The van der Waals surface area contributed by atoms with Crippen molar-refractivity contribution in [3.05, 3.63) is 32.5 Å². The summed E-state index contributed by atoms with van der Waals surface area (Å²) in [5.74, 6) is 0.000772. The molecule has 156 valence electrons. The van der Waals surface area contributed by atoms with Crippen LogP contribution in [0.3, 0.4) is 0 Å². The molecular weight excluding hydrogens is 395 g/mol. The minimum atomic E-state index is -0.532. The number of fused-ring (bicyclic) bond motifs is 2. The number of aromatic amines is 1. The molecule has 0 saturated carbocycles. The molecule has 2 aromatic heterocycles. The second-order valence-corrected chi connectivity index (χ2v) is 8.97. The monoisotopic (exact) mass is 420 g/mol. The van der Waals surface area contributed by atoms with Gasteiger partial charge < -0.3 is 19.9 Å². The molecule has 1 aliphatic heterocycles. The third-order valence-corrected chi connectivity index (χ3v) is 6.83. The van der Waals surface area contributed by atoms with E-state index in [2.05, 4.69) is 4.37 Å². The number of H-pyrrole nitrogens is 1. The number of nitrogens with zero attached hydrogens (tertiary/aromatic N) is 2. The number of ether oxygens (including phenoxy) is 1. The first-order valence-corrected chi connectivity index (χ1v) is 10.5. The van der Waals surface area contributed by atoms with Gasteiger partial charge in [0.2, 0.25) is 5.43 Å². The maximum absolute atomic E-state index is 15.3. The lowest BCUT2D eigenvalue weighted by atomic mass is 9.88. The molecule has 1 saturated heterocycles. The van der Waals surface area contributed by atoms with Crippen LogP contribution in [-0.4, -0.2) is 34.7 Å². The fourth-order valence-electron chi connectivity index (χ4n) is 4.33. The number of nitrogens with one attached hydrogen (secondary N) is 1. The van der Waals surface area contributed by atoms with Gasteiger partial charge in [0, 0.05) is 25.2 Å². The molecule has 1 fully saturated rings. The molecule has 4 rings (SSSR count). The smallest absolute Gasteiger partial charge is 0.271 e. The third-order valence-electron chi connectivity index (χ3n) is 5.93. The molecule has 1 aromatic carbocycles. The fourth-order valence-corrected chi connectivity index (χ4v) is 5.24. The van der Waals surface area contributed by atoms with Gasteiger partial charge in [0.1, 0.15) is 15.9 Å². The molecule has 0 amide bonds. The van der Waals surface area contributed by atoms with E-state index in [1.54, 1.807) is 0 Å². The van der Waals surface area contributed by atoms with E-state index in [0.717, 1.165) is 18.0 Å². The SMILES string of the molecule is CCn1c2s[nH]c(=O)c2c(=O)c2cc(F)c(N3CC[C@@H](C(C)(C)N)C3)c(OC)c21. The average Bonchev–Trinajstić information content (AvgIpc) is 3.29. The Morgan fingerprint density at radius 1 is 1.41 bits per heavy atom. The maximum Gasteiger partial charge on any atom is 0.271 e. The number of benzene rings is 1. The highest BCUT2D eigenvalue weighted by molar-refractivity contribution is 7.12. The van der Waals surface area contributed by atoms with Crippen LogP contribution in [-0.2, 0) is 6.54 Å². The standard InChI is InChI=1S/C20H25FN4O3S/c1-5-25-14-11(16(26)13-18(27)23-29-19(13)25)8-12(21)15(17(14)28-4)24-7-6-10(9-24)20(2,3)22/h8,10H,5-7,9,22H2,1-4H3,(H,23,27)/t10-/m1/s1. The Bertz CT molecular complexity index is 1220. The highest BCUT2D eigenvalue weighted by Crippen LogP contribution is 2.42. The molecule has 7 nitrogen and oxygen atoms in total. The summed E-state index contributed by atoms with van der Waals surface area (Å²) >= 11 is 1.11. The van der Waals surface area contributed by atoms with E-state index in [4.69, 9.17) is 10.5 Å². The molecule has 3 N–H and O–H groups in total. The van der Waals surface area contributed by atoms with Gasteiger partial charge in [-0.2, -0.15) is 0 Å². The number of nitrogens with two attached hydrogens (primary N) is 1. The van der Waals surface area contributed by atoms with Crippen LogP contribution in [0.4, 0.5) is 10.1 Å². The van der Waals surface area contributed by atoms with E-state index in [1.165, 1.54) is 13.2 Å². The van der Waals surface area contributed by atoms with Gasteiger partial charge in [0.25, 0.3) is 5.56 Å². The first-order valence-electron chi connectivity index (χ1n) is 9.67. The van der Waals surface area contributed by atoms with Crippen LogP contribution in [0.25, 0.3) is 21.1 Å². The summed E-state index contributed by atoms with van der Waals surface area (Å²) in [4.78, 5) is 27.6. The summed E-state index contributed by atoms with van der Waals surface area (Å²) in [6.07, 6.45) is 0.850. The van der Waals surface area contributed by atoms with Crippen LogP contribution < -0.4 is 26.4 Å². The zero-order valence-corrected chi connectivity index (χ0v) is 17.8. The minimum Gasteiger partial charge on any atom is -0.492 e. The summed E-state index contributed by atoms with van der Waals surface area (Å²) in [5.41, 5.74) is 5.84. The zero-order chi connectivity index (χ0) is 21.1. The molecule has 9 heteroatoms. The summed E-state index contributed by atoms with van der Waals surface area (Å²) < 4.78 is 25.4. The van der Waals surface area contributed by atoms with Crippen molar-refractivity contribution in [3.8, 4) is 5.75 Å². The third kappa shape index (κ3) is 2.95. The topological polar surface area (TPSA) is 93.4 Å². The molecule has 3 aromatic rings. The largest absolute Gasteiger partial charge is 0.492 e. The van der Waals surface area contributed by atoms with Crippen LogP contribution in [0.15, 0.2) is 15.7 Å². The lowest BCUT2D eigenvalue weighted by molar-refractivity contribution is 0.348. The van der Waals surface area contributed by atoms with Crippen molar-refractivity contribution in [1.82, 2.24) is 8.94 Å². The van der Waals surface area contributed by atoms with Gasteiger partial charge in [-0.25, -0.2) is 4.39 Å². The van der Waals surface area contributed by atoms with Crippen LogP contribution >= 0.6 is 11.5 Å². The van der Waals surface area contributed by atoms with Crippen molar-refractivity contribution < 1.29 is 9.13 Å². The van der Waals surface area contributed by atoms with Crippen LogP contribution in [0, 0.1) is 11.7 Å². The lowest BCUT2D eigenvalue weighted by Gasteiger charge is -2.28. The van der Waals surface area contributed by atoms with Crippen molar-refractivity contribution in [3.63, 3.8) is 0 Å². The number of hydrogen-bond acceptors (Lipinski definition) is 6. The first kappa shape index (κ1) is 19.9. The van der Waals surface area contributed by atoms with Crippen molar-refractivity contribution in [2.45, 2.75) is 39.3 Å². The first-order chi connectivity index (χ1) is 13.7. The van der Waals surface area contributed by atoms with E-state index < -0.39 is 16.8 Å². The number of anilines is 1. The summed E-state index contributed by atoms with van der Waals surface area (Å²) in [7, 11) is 1.48. The summed E-state index contributed by atoms with van der Waals surface area (Å²) in [6, 6.07) is 1.24. The number of rotatable bonds is 4. The van der Waals surface area contributed by atoms with Crippen molar-refractivity contribution in [1.29, 1.82) is 0 Å². The average molecular weight is 421 g/mol. The lowest BCUT2D eigenvalue weighted by Crippen LogP contribution is -2.42. The van der Waals surface area contributed by atoms with Crippen molar-refractivity contribution in [2.75, 3.05) is 25.1 Å². The molecule has 0 bridgehead atoms. The van der Waals surface area contributed by atoms with Crippen LogP contribution in [0.2, 0.25) is 0 Å². The number of hydrogen-bond donors (Lipinski definition) is 2. The highest BCUT2D eigenvalue weighted by Gasteiger charge is 2.35. The Balaban J connectivity index is 2.03. The van der Waals surface area contributed by atoms with Crippen LogP contribution in [0.1, 0.15) is 27.2 Å². The van der Waals surface area contributed by atoms with Gasteiger partial charge in [0.05, 0.1) is 18.0 Å². The number of pyridine rings is 1. The second kappa shape index (κ2) is 6.84. The molecule has 1 aliphatic rings. The zero-order valence-electron chi connectivity index (χ0n) is 17.0. The molecule has 29 heavy (non-hydrogen) atoms. The van der Waals surface area contributed by atoms with Crippen molar-refractivity contribution >= 4 is 38.3 Å². The number of aromatic nitrogens is 2. The molecule has 1 atom stereocenters. The van der Waals surface area contributed by atoms with E-state index in [0.29, 0.717) is 41.4 Å². The van der Waals surface area contributed by atoms with Crippen molar-refractivity contribution in [2.24, 2.45) is 11.7 Å². The van der Waals surface area contributed by atoms with Gasteiger partial charge >= 0.3 is 0 Å². The van der Waals surface area contributed by atoms with Gasteiger partial charge in [-0.05, 0) is 50.7 Å². The Kier molecular flexibility index (Phi) is 4.70. The summed E-state index contributed by atoms with van der Waals surface area (Å²) in [6.45, 7) is 7.64. The Morgan fingerprint density at radius 3 is 2.72 bits per heavy atom. The maximum atomic E-state index is 15.3. The molecule has 0 unspecified atom stereocenters. The molecule has 0 radical (unpaired) electrons. The molecular formula is C20H25FN4O3S. The van der Waals surface area contributed by atoms with Crippen LogP contribution in [0.5, 0.6) is 5.75 Å². The Morgan fingerprint density at radius 2 is 2.14 bits per heavy atom. The Hall–Kier alpha value is -2.39. The van der Waals surface area contributed by atoms with E-state index in [-0.39, 0.29) is 22.2 Å². The molecule has 3 heterocycles. The second-order valence-electron chi connectivity index (χ2n) is 8.18. The minimum absolute atomic E-state index is 0.0599. The normalized spacial score (nSPS) is 17.6. The quantitative estimate of drug-likeness (QED) is 0.677. The highest BCUT2D eigenvalue weighted by atomic mass is 32.1. The van der Waals surface area contributed by atoms with Gasteiger partial charge in [-0.1, -0.05) is 0 Å². The number of methoxy groups -OCH3 is 1. The summed E-state index contributed by atoms with van der Waals surface area (Å²) in [5, 5.41) is 0.209. The van der Waals surface area contributed by atoms with Gasteiger partial charge in [-0.15, -0.1) is 0 Å². The van der Waals surface area contributed by atoms with E-state index in [9.17, 15) is 9.59 Å². The number of aryl methyl sites for hydroxylation is 1. The number of halogens is 1. The molecule has 0 aliphatic carbocycles. The van der Waals surface area contributed by atoms with Gasteiger partial charge in [-0.3, -0.25) is 14.0 Å². The van der Waals surface area contributed by atoms with E-state index >= 15 is 4.39 Å². The predicted molar refractivity (Wildman–Crippen MR) is 115 cm³/mol. The van der Waals surface area contributed by atoms with E-state index in [1.807, 2.05) is 30.2 Å². The fraction of sp³-hybridized carbons (Fsp3) is 0.500. The predicted octanol–water partition coefficient (Wildman–Crippen LogP) is 2.64. The van der Waals surface area contributed by atoms with Gasteiger partial charge in [0.15, 0.2) is 11.6 Å².